The zero-order chi connectivity index (χ0) is 18.0. The first-order valence-corrected chi connectivity index (χ1v) is 9.32. The lowest BCUT2D eigenvalue weighted by Crippen LogP contribution is -2.54. The Morgan fingerprint density at radius 2 is 1.92 bits per heavy atom. The second kappa shape index (κ2) is 7.06. The number of piperidine rings is 2. The normalized spacial score (nSPS) is 23.5. The summed E-state index contributed by atoms with van der Waals surface area (Å²) in [6.45, 7) is 3.28. The van der Waals surface area contributed by atoms with Gasteiger partial charge in [-0.25, -0.2) is 9.37 Å². The lowest BCUT2D eigenvalue weighted by Gasteiger charge is -2.48. The van der Waals surface area contributed by atoms with Crippen molar-refractivity contribution >= 4 is 11.7 Å². The molecular weight excluding hydrogens is 329 g/mol. The van der Waals surface area contributed by atoms with Gasteiger partial charge in [0.25, 0.3) is 0 Å². The molecule has 2 aromatic rings. The first kappa shape index (κ1) is 17.0. The van der Waals surface area contributed by atoms with E-state index in [9.17, 15) is 9.18 Å². The van der Waals surface area contributed by atoms with Gasteiger partial charge in [0.05, 0.1) is 6.20 Å². The summed E-state index contributed by atoms with van der Waals surface area (Å²) in [7, 11) is 0. The third kappa shape index (κ3) is 3.57. The van der Waals surface area contributed by atoms with Crippen LogP contribution in [0.3, 0.4) is 0 Å². The number of halogens is 1. The van der Waals surface area contributed by atoms with Gasteiger partial charge in [0.1, 0.15) is 11.6 Å². The van der Waals surface area contributed by atoms with E-state index in [-0.39, 0.29) is 17.1 Å². The van der Waals surface area contributed by atoms with Crippen molar-refractivity contribution in [3.63, 3.8) is 0 Å². The van der Waals surface area contributed by atoms with Crippen LogP contribution < -0.4 is 4.90 Å². The summed E-state index contributed by atoms with van der Waals surface area (Å²) in [4.78, 5) is 21.0. The van der Waals surface area contributed by atoms with Gasteiger partial charge in [0.15, 0.2) is 0 Å². The molecule has 1 amide bonds. The molecule has 3 heterocycles. The predicted octanol–water partition coefficient (Wildman–Crippen LogP) is 3.63. The summed E-state index contributed by atoms with van der Waals surface area (Å²) in [5.41, 5.74) is 1.28. The van der Waals surface area contributed by atoms with Crippen molar-refractivity contribution in [2.45, 2.75) is 32.2 Å². The first-order valence-electron chi connectivity index (χ1n) is 9.32. The number of amides is 1. The second-order valence-corrected chi connectivity index (χ2v) is 7.60. The van der Waals surface area contributed by atoms with Crippen LogP contribution in [0.25, 0.3) is 0 Å². The summed E-state index contributed by atoms with van der Waals surface area (Å²) in [6, 6.07) is 13.4. The number of aromatic nitrogens is 1. The Labute approximate surface area is 153 Å². The van der Waals surface area contributed by atoms with Crippen molar-refractivity contribution < 1.29 is 9.18 Å². The molecule has 4 nitrogen and oxygen atoms in total. The molecule has 2 saturated heterocycles. The van der Waals surface area contributed by atoms with Crippen molar-refractivity contribution in [3.8, 4) is 0 Å². The second-order valence-electron chi connectivity index (χ2n) is 7.60. The Hall–Kier alpha value is -2.43. The topological polar surface area (TPSA) is 36.4 Å². The van der Waals surface area contributed by atoms with Crippen molar-refractivity contribution in [1.82, 2.24) is 9.88 Å². The maximum atomic E-state index is 13.2. The fourth-order valence-corrected chi connectivity index (χ4v) is 4.34. The average molecular weight is 353 g/mol. The Bertz CT molecular complexity index is 765. The zero-order valence-corrected chi connectivity index (χ0v) is 14.9. The number of carbonyl (C=O) groups excluding carboxylic acids is 1. The van der Waals surface area contributed by atoms with Crippen LogP contribution in [-0.4, -0.2) is 35.4 Å². The lowest BCUT2D eigenvalue weighted by molar-refractivity contribution is -0.138. The van der Waals surface area contributed by atoms with Crippen LogP contribution in [0, 0.1) is 11.2 Å². The van der Waals surface area contributed by atoms with E-state index in [1.807, 2.05) is 23.1 Å². The maximum absolute atomic E-state index is 13.2. The van der Waals surface area contributed by atoms with Crippen molar-refractivity contribution in [2.24, 2.45) is 5.41 Å². The quantitative estimate of drug-likeness (QED) is 0.845. The van der Waals surface area contributed by atoms with E-state index < -0.39 is 0 Å². The molecular formula is C21H24FN3O. The van der Waals surface area contributed by atoms with Gasteiger partial charge >= 0.3 is 0 Å². The van der Waals surface area contributed by atoms with Gasteiger partial charge in [-0.05, 0) is 37.0 Å². The van der Waals surface area contributed by atoms with E-state index in [4.69, 9.17) is 0 Å². The molecule has 2 fully saturated rings. The van der Waals surface area contributed by atoms with Gasteiger partial charge in [0.2, 0.25) is 5.91 Å². The van der Waals surface area contributed by atoms with Crippen LogP contribution in [0.1, 0.15) is 31.2 Å². The van der Waals surface area contributed by atoms with Crippen LogP contribution in [0.5, 0.6) is 0 Å². The van der Waals surface area contributed by atoms with Gasteiger partial charge in [0, 0.05) is 38.0 Å². The molecule has 1 aromatic carbocycles. The van der Waals surface area contributed by atoms with E-state index >= 15 is 0 Å². The molecule has 0 bridgehead atoms. The molecule has 0 radical (unpaired) electrons. The third-order valence-electron chi connectivity index (χ3n) is 5.66. The molecule has 0 aliphatic carbocycles. The number of carbonyl (C=O) groups is 1. The first-order chi connectivity index (χ1) is 12.6. The number of pyridine rings is 1. The van der Waals surface area contributed by atoms with Crippen LogP contribution in [0.4, 0.5) is 10.2 Å². The SMILES string of the molecule is O=C1CC[C@]2(CCCN(c3ccc(F)cn3)C2)CN1Cc1ccccc1. The minimum atomic E-state index is -0.308. The van der Waals surface area contributed by atoms with Crippen LogP contribution in [-0.2, 0) is 11.3 Å². The van der Waals surface area contributed by atoms with Crippen molar-refractivity contribution in [3.05, 3.63) is 60.0 Å². The molecule has 26 heavy (non-hydrogen) atoms. The number of hydrogen-bond acceptors (Lipinski definition) is 3. The molecule has 2 aliphatic heterocycles. The van der Waals surface area contributed by atoms with Gasteiger partial charge in [-0.1, -0.05) is 30.3 Å². The molecule has 5 heteroatoms. The van der Waals surface area contributed by atoms with Gasteiger partial charge in [-0.15, -0.1) is 0 Å². The highest BCUT2D eigenvalue weighted by molar-refractivity contribution is 5.77. The van der Waals surface area contributed by atoms with E-state index in [0.29, 0.717) is 13.0 Å². The number of benzene rings is 1. The highest BCUT2D eigenvalue weighted by Gasteiger charge is 2.41. The molecule has 1 aromatic heterocycles. The lowest BCUT2D eigenvalue weighted by atomic mass is 9.73. The smallest absolute Gasteiger partial charge is 0.222 e. The Kier molecular flexibility index (Phi) is 4.62. The molecule has 0 N–H and O–H groups in total. The Balaban J connectivity index is 1.49. The number of likely N-dealkylation sites (tertiary alicyclic amines) is 1. The van der Waals surface area contributed by atoms with Gasteiger partial charge < -0.3 is 9.80 Å². The molecule has 0 saturated carbocycles. The van der Waals surface area contributed by atoms with E-state index in [0.717, 1.165) is 44.7 Å². The molecule has 1 atom stereocenters. The number of nitrogens with zero attached hydrogens (tertiary/aromatic N) is 3. The molecule has 2 aliphatic rings. The number of anilines is 1. The van der Waals surface area contributed by atoms with Gasteiger partial charge in [-0.3, -0.25) is 4.79 Å². The number of rotatable bonds is 3. The Morgan fingerprint density at radius 1 is 1.08 bits per heavy atom. The Morgan fingerprint density at radius 3 is 2.69 bits per heavy atom. The largest absolute Gasteiger partial charge is 0.356 e. The molecule has 1 spiro atoms. The highest BCUT2D eigenvalue weighted by atomic mass is 19.1. The number of hydrogen-bond donors (Lipinski definition) is 0. The minimum Gasteiger partial charge on any atom is -0.356 e. The van der Waals surface area contributed by atoms with E-state index in [1.54, 1.807) is 6.07 Å². The summed E-state index contributed by atoms with van der Waals surface area (Å²) in [6.07, 6.45) is 5.02. The molecule has 0 unspecified atom stereocenters. The maximum Gasteiger partial charge on any atom is 0.222 e. The average Bonchev–Trinajstić information content (AvgIpc) is 2.67. The summed E-state index contributed by atoms with van der Waals surface area (Å²) in [5, 5.41) is 0. The summed E-state index contributed by atoms with van der Waals surface area (Å²) < 4.78 is 13.2. The zero-order valence-electron chi connectivity index (χ0n) is 14.9. The predicted molar refractivity (Wildman–Crippen MR) is 99.2 cm³/mol. The van der Waals surface area contributed by atoms with Crippen LogP contribution in [0.15, 0.2) is 48.7 Å². The summed E-state index contributed by atoms with van der Waals surface area (Å²) in [5.74, 6) is 0.770. The molecule has 136 valence electrons. The third-order valence-corrected chi connectivity index (χ3v) is 5.66. The standard InChI is InChI=1S/C21H24FN3O/c22-18-7-8-19(23-13-18)24-12-4-10-21(15-24)11-9-20(26)25(16-21)14-17-5-2-1-3-6-17/h1-3,5-8,13H,4,9-12,14-16H2/t21-/m0/s1. The fraction of sp³-hybridized carbons (Fsp3) is 0.429. The monoisotopic (exact) mass is 353 g/mol. The summed E-state index contributed by atoms with van der Waals surface area (Å²) >= 11 is 0. The van der Waals surface area contributed by atoms with E-state index in [1.165, 1.54) is 17.8 Å². The van der Waals surface area contributed by atoms with Gasteiger partial charge in [-0.2, -0.15) is 0 Å². The minimum absolute atomic E-state index is 0.108. The fourth-order valence-electron chi connectivity index (χ4n) is 4.34. The van der Waals surface area contributed by atoms with Crippen LogP contribution >= 0.6 is 0 Å². The van der Waals surface area contributed by atoms with E-state index in [2.05, 4.69) is 22.0 Å². The molecule has 4 rings (SSSR count). The van der Waals surface area contributed by atoms with Crippen molar-refractivity contribution in [2.75, 3.05) is 24.5 Å². The van der Waals surface area contributed by atoms with Crippen LogP contribution in [0.2, 0.25) is 0 Å². The highest BCUT2D eigenvalue weighted by Crippen LogP contribution is 2.40. The van der Waals surface area contributed by atoms with Crippen molar-refractivity contribution in [1.29, 1.82) is 0 Å².